The molecular formula is C23H19BrF3N3O2S. The van der Waals surface area contributed by atoms with Crippen molar-refractivity contribution >= 4 is 61.3 Å². The van der Waals surface area contributed by atoms with Crippen molar-refractivity contribution in [2.24, 2.45) is 0 Å². The second-order valence-corrected chi connectivity index (χ2v) is 8.64. The van der Waals surface area contributed by atoms with Gasteiger partial charge in [0.25, 0.3) is 5.91 Å². The van der Waals surface area contributed by atoms with Crippen molar-refractivity contribution in [3.05, 3.63) is 70.2 Å². The monoisotopic (exact) mass is 537 g/mol. The van der Waals surface area contributed by atoms with Crippen LogP contribution in [0.5, 0.6) is 0 Å². The summed E-state index contributed by atoms with van der Waals surface area (Å²) in [7, 11) is 0. The van der Waals surface area contributed by atoms with Crippen LogP contribution in [0.3, 0.4) is 0 Å². The van der Waals surface area contributed by atoms with Gasteiger partial charge in [-0.1, -0.05) is 40.2 Å². The second kappa shape index (κ2) is 9.66. The molecule has 4 rings (SSSR count). The van der Waals surface area contributed by atoms with E-state index in [2.05, 4.69) is 26.6 Å². The molecule has 3 aromatic carbocycles. The number of nitrogens with one attached hydrogen (secondary N) is 2. The number of ether oxygens (including phenoxy) is 1. The Morgan fingerprint density at radius 3 is 2.45 bits per heavy atom. The molecule has 1 amide bonds. The molecule has 0 aliphatic carbocycles. The van der Waals surface area contributed by atoms with Crippen LogP contribution in [0.25, 0.3) is 10.8 Å². The third-order valence-corrected chi connectivity index (χ3v) is 6.16. The summed E-state index contributed by atoms with van der Waals surface area (Å²) in [6, 6.07) is 14.2. The van der Waals surface area contributed by atoms with Gasteiger partial charge in [0, 0.05) is 23.1 Å². The molecule has 1 saturated heterocycles. The van der Waals surface area contributed by atoms with Crippen LogP contribution in [-0.2, 0) is 10.9 Å². The number of anilines is 2. The fourth-order valence-electron chi connectivity index (χ4n) is 3.69. The molecule has 1 fully saturated rings. The van der Waals surface area contributed by atoms with E-state index in [0.29, 0.717) is 37.6 Å². The Hall–Kier alpha value is -2.69. The Balaban J connectivity index is 1.59. The highest BCUT2D eigenvalue weighted by molar-refractivity contribution is 9.10. The van der Waals surface area contributed by atoms with Crippen LogP contribution >= 0.6 is 28.1 Å². The summed E-state index contributed by atoms with van der Waals surface area (Å²) < 4.78 is 46.2. The normalized spacial score (nSPS) is 14.2. The molecule has 172 valence electrons. The summed E-state index contributed by atoms with van der Waals surface area (Å²) in [6.07, 6.45) is -4.51. The fourth-order valence-corrected chi connectivity index (χ4v) is 4.39. The SMILES string of the molecule is O=C(NC(=S)Nc1cc(C(F)(F)F)ccc1N1CCOCC1)c1cccc2c(Br)cccc12. The van der Waals surface area contributed by atoms with Crippen molar-refractivity contribution in [1.82, 2.24) is 5.32 Å². The molecule has 1 aliphatic heterocycles. The summed E-state index contributed by atoms with van der Waals surface area (Å²) in [5.41, 5.74) is 0.306. The maximum atomic E-state index is 13.3. The van der Waals surface area contributed by atoms with E-state index in [1.165, 1.54) is 6.07 Å². The van der Waals surface area contributed by atoms with Crippen LogP contribution in [0.2, 0.25) is 0 Å². The maximum absolute atomic E-state index is 13.3. The first-order chi connectivity index (χ1) is 15.7. The van der Waals surface area contributed by atoms with Gasteiger partial charge in [-0.05, 0) is 53.3 Å². The van der Waals surface area contributed by atoms with E-state index in [1.807, 2.05) is 29.2 Å². The van der Waals surface area contributed by atoms with Crippen molar-refractivity contribution in [1.29, 1.82) is 0 Å². The number of benzene rings is 3. The largest absolute Gasteiger partial charge is 0.416 e. The van der Waals surface area contributed by atoms with Gasteiger partial charge in [-0.2, -0.15) is 13.2 Å². The number of rotatable bonds is 3. The zero-order chi connectivity index (χ0) is 23.6. The number of halogens is 4. The minimum atomic E-state index is -4.51. The smallest absolute Gasteiger partial charge is 0.378 e. The lowest BCUT2D eigenvalue weighted by atomic mass is 10.0. The standard InChI is InChI=1S/C23H19BrF3N3O2S/c24-18-6-2-3-15-16(18)4-1-5-17(15)21(31)29-22(33)28-19-13-14(23(25,26)27)7-8-20(19)30-9-11-32-12-10-30/h1-8,13H,9-12H2,(H2,28,29,31,33). The lowest BCUT2D eigenvalue weighted by Gasteiger charge is -2.31. The Bertz CT molecular complexity index is 1210. The molecule has 0 saturated carbocycles. The molecule has 0 bridgehead atoms. The number of hydrogen-bond donors (Lipinski definition) is 2. The van der Waals surface area contributed by atoms with Crippen LogP contribution < -0.4 is 15.5 Å². The predicted octanol–water partition coefficient (Wildman–Crippen LogP) is 5.58. The van der Waals surface area contributed by atoms with E-state index < -0.39 is 17.6 Å². The van der Waals surface area contributed by atoms with Gasteiger partial charge in [-0.15, -0.1) is 0 Å². The second-order valence-electron chi connectivity index (χ2n) is 7.38. The Kier molecular flexibility index (Phi) is 6.87. The van der Waals surface area contributed by atoms with Gasteiger partial charge in [-0.3, -0.25) is 10.1 Å². The topological polar surface area (TPSA) is 53.6 Å². The first-order valence-corrected chi connectivity index (χ1v) is 11.3. The van der Waals surface area contributed by atoms with Gasteiger partial charge in [0.2, 0.25) is 0 Å². The predicted molar refractivity (Wildman–Crippen MR) is 130 cm³/mol. The lowest BCUT2D eigenvalue weighted by Crippen LogP contribution is -2.38. The molecule has 1 aliphatic rings. The number of hydrogen-bond acceptors (Lipinski definition) is 4. The molecule has 3 aromatic rings. The number of carbonyl (C=O) groups excluding carboxylic acids is 1. The number of alkyl halides is 3. The van der Waals surface area contributed by atoms with E-state index in [0.717, 1.165) is 27.4 Å². The average Bonchev–Trinajstić information content (AvgIpc) is 2.79. The quantitative estimate of drug-likeness (QED) is 0.427. The average molecular weight is 538 g/mol. The number of thiocarbonyl (C=S) groups is 1. The summed E-state index contributed by atoms with van der Waals surface area (Å²) in [4.78, 5) is 14.8. The summed E-state index contributed by atoms with van der Waals surface area (Å²) in [6.45, 7) is 2.00. The Morgan fingerprint density at radius 1 is 1.03 bits per heavy atom. The Labute approximate surface area is 202 Å². The molecule has 0 unspecified atom stereocenters. The zero-order valence-corrected chi connectivity index (χ0v) is 19.6. The van der Waals surface area contributed by atoms with Crippen LogP contribution in [0.4, 0.5) is 24.5 Å². The summed E-state index contributed by atoms with van der Waals surface area (Å²) in [5.74, 6) is -0.462. The zero-order valence-electron chi connectivity index (χ0n) is 17.2. The van der Waals surface area contributed by atoms with E-state index in [4.69, 9.17) is 17.0 Å². The first kappa shape index (κ1) is 23.5. The molecular weight excluding hydrogens is 519 g/mol. The van der Waals surface area contributed by atoms with E-state index in [9.17, 15) is 18.0 Å². The van der Waals surface area contributed by atoms with Crippen LogP contribution in [0.1, 0.15) is 15.9 Å². The van der Waals surface area contributed by atoms with Gasteiger partial charge in [-0.25, -0.2) is 0 Å². The van der Waals surface area contributed by atoms with E-state index in [1.54, 1.807) is 12.1 Å². The van der Waals surface area contributed by atoms with Crippen molar-refractivity contribution in [2.75, 3.05) is 36.5 Å². The minimum absolute atomic E-state index is 0.0965. The van der Waals surface area contributed by atoms with Gasteiger partial charge in [0.1, 0.15) is 0 Å². The molecule has 10 heteroatoms. The molecule has 33 heavy (non-hydrogen) atoms. The Morgan fingerprint density at radius 2 is 1.73 bits per heavy atom. The fraction of sp³-hybridized carbons (Fsp3) is 0.217. The van der Waals surface area contributed by atoms with Crippen molar-refractivity contribution < 1.29 is 22.7 Å². The van der Waals surface area contributed by atoms with Crippen molar-refractivity contribution in [3.8, 4) is 0 Å². The lowest BCUT2D eigenvalue weighted by molar-refractivity contribution is -0.137. The van der Waals surface area contributed by atoms with Gasteiger partial charge < -0.3 is 15.0 Å². The van der Waals surface area contributed by atoms with Gasteiger partial charge in [0.05, 0.1) is 30.2 Å². The number of morpholine rings is 1. The summed E-state index contributed by atoms with van der Waals surface area (Å²) >= 11 is 8.75. The van der Waals surface area contributed by atoms with Gasteiger partial charge >= 0.3 is 6.18 Å². The maximum Gasteiger partial charge on any atom is 0.416 e. The molecule has 0 radical (unpaired) electrons. The molecule has 2 N–H and O–H groups in total. The molecule has 0 atom stereocenters. The van der Waals surface area contributed by atoms with Gasteiger partial charge in [0.15, 0.2) is 5.11 Å². The highest BCUT2D eigenvalue weighted by atomic mass is 79.9. The number of nitrogens with zero attached hydrogens (tertiary/aromatic N) is 1. The van der Waals surface area contributed by atoms with E-state index >= 15 is 0 Å². The summed E-state index contributed by atoms with van der Waals surface area (Å²) in [5, 5.41) is 6.86. The molecule has 0 spiro atoms. The number of amides is 1. The number of fused-ring (bicyclic) bond motifs is 1. The highest BCUT2D eigenvalue weighted by Crippen LogP contribution is 2.36. The van der Waals surface area contributed by atoms with Crippen LogP contribution in [0, 0.1) is 0 Å². The molecule has 1 heterocycles. The van der Waals surface area contributed by atoms with Crippen molar-refractivity contribution in [3.63, 3.8) is 0 Å². The minimum Gasteiger partial charge on any atom is -0.378 e. The third-order valence-electron chi connectivity index (χ3n) is 5.26. The third kappa shape index (κ3) is 5.29. The number of carbonyl (C=O) groups is 1. The molecule has 5 nitrogen and oxygen atoms in total. The van der Waals surface area contributed by atoms with Crippen LogP contribution in [-0.4, -0.2) is 37.3 Å². The van der Waals surface area contributed by atoms with E-state index in [-0.39, 0.29) is 10.8 Å². The highest BCUT2D eigenvalue weighted by Gasteiger charge is 2.32. The van der Waals surface area contributed by atoms with Crippen molar-refractivity contribution in [2.45, 2.75) is 6.18 Å². The first-order valence-electron chi connectivity index (χ1n) is 10.1. The van der Waals surface area contributed by atoms with Crippen LogP contribution in [0.15, 0.2) is 59.1 Å². The molecule has 0 aromatic heterocycles.